The summed E-state index contributed by atoms with van der Waals surface area (Å²) < 4.78 is 15.7. The van der Waals surface area contributed by atoms with Gasteiger partial charge in [0.2, 0.25) is 0 Å². The quantitative estimate of drug-likeness (QED) is 0.791. The van der Waals surface area contributed by atoms with Crippen molar-refractivity contribution in [3.63, 3.8) is 0 Å². The minimum atomic E-state index is -0.143. The number of carbonyl (C=O) groups excluding carboxylic acids is 1. The van der Waals surface area contributed by atoms with Crippen molar-refractivity contribution in [1.29, 1.82) is 0 Å². The van der Waals surface area contributed by atoms with Gasteiger partial charge in [-0.1, -0.05) is 11.6 Å². The van der Waals surface area contributed by atoms with E-state index >= 15 is 0 Å². The van der Waals surface area contributed by atoms with Crippen molar-refractivity contribution >= 4 is 5.78 Å². The molecule has 0 fully saturated rings. The molecule has 2 aromatic carbocycles. The molecule has 2 rings (SSSR count). The SMILES string of the molecule is COc1ccc(C(=O)c2cc(C)ccc2OC)c(OC)c1. The first-order valence-electron chi connectivity index (χ1n) is 6.52. The summed E-state index contributed by atoms with van der Waals surface area (Å²) in [6.07, 6.45) is 0. The van der Waals surface area contributed by atoms with Gasteiger partial charge < -0.3 is 14.2 Å². The van der Waals surface area contributed by atoms with Gasteiger partial charge in [-0.15, -0.1) is 0 Å². The summed E-state index contributed by atoms with van der Waals surface area (Å²) in [5.41, 5.74) is 1.98. The number of hydrogen-bond acceptors (Lipinski definition) is 4. The molecule has 0 heterocycles. The molecule has 0 saturated heterocycles. The normalized spacial score (nSPS) is 10.1. The first kappa shape index (κ1) is 14.9. The fraction of sp³-hybridized carbons (Fsp3) is 0.235. The zero-order valence-corrected chi connectivity index (χ0v) is 12.6. The molecule has 0 saturated carbocycles. The Morgan fingerprint density at radius 1 is 0.810 bits per heavy atom. The predicted octanol–water partition coefficient (Wildman–Crippen LogP) is 3.25. The van der Waals surface area contributed by atoms with Crippen LogP contribution in [0.4, 0.5) is 0 Å². The minimum absolute atomic E-state index is 0.143. The Hall–Kier alpha value is -2.49. The Labute approximate surface area is 124 Å². The lowest BCUT2D eigenvalue weighted by Crippen LogP contribution is -2.06. The molecular formula is C17H18O4. The van der Waals surface area contributed by atoms with Gasteiger partial charge in [0, 0.05) is 6.07 Å². The molecule has 0 aliphatic heterocycles. The van der Waals surface area contributed by atoms with E-state index in [-0.39, 0.29) is 5.78 Å². The summed E-state index contributed by atoms with van der Waals surface area (Å²) >= 11 is 0. The molecule has 0 aromatic heterocycles. The fourth-order valence-corrected chi connectivity index (χ4v) is 2.13. The zero-order valence-electron chi connectivity index (χ0n) is 12.6. The van der Waals surface area contributed by atoms with E-state index in [1.165, 1.54) is 7.11 Å². The second kappa shape index (κ2) is 6.31. The van der Waals surface area contributed by atoms with Gasteiger partial charge in [0.25, 0.3) is 0 Å². The van der Waals surface area contributed by atoms with Gasteiger partial charge in [-0.3, -0.25) is 4.79 Å². The van der Waals surface area contributed by atoms with E-state index in [9.17, 15) is 4.79 Å². The molecule has 4 heteroatoms. The Balaban J connectivity index is 2.52. The highest BCUT2D eigenvalue weighted by Gasteiger charge is 2.19. The van der Waals surface area contributed by atoms with Crippen LogP contribution in [0.5, 0.6) is 17.2 Å². The van der Waals surface area contributed by atoms with Crippen LogP contribution in [0, 0.1) is 6.92 Å². The van der Waals surface area contributed by atoms with E-state index in [1.807, 2.05) is 19.1 Å². The third-order valence-corrected chi connectivity index (χ3v) is 3.25. The number of carbonyl (C=O) groups is 1. The first-order chi connectivity index (χ1) is 10.1. The molecule has 0 unspecified atom stereocenters. The van der Waals surface area contributed by atoms with Crippen LogP contribution in [0.25, 0.3) is 0 Å². The maximum atomic E-state index is 12.8. The Morgan fingerprint density at radius 2 is 1.52 bits per heavy atom. The summed E-state index contributed by atoms with van der Waals surface area (Å²) in [6, 6.07) is 10.6. The predicted molar refractivity (Wildman–Crippen MR) is 80.7 cm³/mol. The zero-order chi connectivity index (χ0) is 15.4. The summed E-state index contributed by atoms with van der Waals surface area (Å²) in [5, 5.41) is 0. The monoisotopic (exact) mass is 286 g/mol. The third-order valence-electron chi connectivity index (χ3n) is 3.25. The summed E-state index contributed by atoms with van der Waals surface area (Å²) in [7, 11) is 4.64. The lowest BCUT2D eigenvalue weighted by Gasteiger charge is -2.12. The summed E-state index contributed by atoms with van der Waals surface area (Å²) in [4.78, 5) is 12.8. The van der Waals surface area contributed by atoms with Crippen LogP contribution in [0.2, 0.25) is 0 Å². The molecule has 0 spiro atoms. The van der Waals surface area contributed by atoms with Crippen LogP contribution in [-0.2, 0) is 0 Å². The number of hydrogen-bond donors (Lipinski definition) is 0. The van der Waals surface area contributed by atoms with Crippen LogP contribution < -0.4 is 14.2 Å². The van der Waals surface area contributed by atoms with Crippen molar-refractivity contribution in [2.75, 3.05) is 21.3 Å². The maximum absolute atomic E-state index is 12.8. The average Bonchev–Trinajstić information content (AvgIpc) is 2.53. The topological polar surface area (TPSA) is 44.8 Å². The van der Waals surface area contributed by atoms with Crippen LogP contribution in [-0.4, -0.2) is 27.1 Å². The van der Waals surface area contributed by atoms with Crippen molar-refractivity contribution in [1.82, 2.24) is 0 Å². The van der Waals surface area contributed by atoms with E-state index in [4.69, 9.17) is 14.2 Å². The van der Waals surface area contributed by atoms with E-state index in [1.54, 1.807) is 38.5 Å². The van der Waals surface area contributed by atoms with E-state index in [2.05, 4.69) is 0 Å². The van der Waals surface area contributed by atoms with Crippen molar-refractivity contribution in [3.8, 4) is 17.2 Å². The van der Waals surface area contributed by atoms with Crippen LogP contribution >= 0.6 is 0 Å². The highest BCUT2D eigenvalue weighted by molar-refractivity contribution is 6.12. The van der Waals surface area contributed by atoms with E-state index < -0.39 is 0 Å². The van der Waals surface area contributed by atoms with Gasteiger partial charge in [0.1, 0.15) is 17.2 Å². The lowest BCUT2D eigenvalue weighted by atomic mass is 9.99. The van der Waals surface area contributed by atoms with E-state index in [0.717, 1.165) is 5.56 Å². The molecule has 4 nitrogen and oxygen atoms in total. The number of ether oxygens (including phenoxy) is 3. The molecule has 0 aliphatic rings. The molecule has 0 bridgehead atoms. The molecule has 0 N–H and O–H groups in total. The van der Waals surface area contributed by atoms with Gasteiger partial charge in [-0.2, -0.15) is 0 Å². The minimum Gasteiger partial charge on any atom is -0.497 e. The summed E-state index contributed by atoms with van der Waals surface area (Å²) in [5.74, 6) is 1.51. The number of aryl methyl sites for hydroxylation is 1. The molecule has 110 valence electrons. The smallest absolute Gasteiger partial charge is 0.200 e. The van der Waals surface area contributed by atoms with Crippen LogP contribution in [0.1, 0.15) is 21.5 Å². The second-order valence-electron chi connectivity index (χ2n) is 4.60. The van der Waals surface area contributed by atoms with Gasteiger partial charge in [-0.05, 0) is 31.2 Å². The molecule has 0 amide bonds. The highest BCUT2D eigenvalue weighted by atomic mass is 16.5. The number of rotatable bonds is 5. The average molecular weight is 286 g/mol. The largest absolute Gasteiger partial charge is 0.497 e. The Kier molecular flexibility index (Phi) is 4.48. The Bertz CT molecular complexity index is 662. The van der Waals surface area contributed by atoms with Crippen molar-refractivity contribution in [2.24, 2.45) is 0 Å². The van der Waals surface area contributed by atoms with Crippen molar-refractivity contribution in [2.45, 2.75) is 6.92 Å². The van der Waals surface area contributed by atoms with Crippen molar-refractivity contribution in [3.05, 3.63) is 53.1 Å². The number of benzene rings is 2. The molecule has 0 atom stereocenters. The van der Waals surface area contributed by atoms with Crippen LogP contribution in [0.15, 0.2) is 36.4 Å². The van der Waals surface area contributed by atoms with Crippen molar-refractivity contribution < 1.29 is 19.0 Å². The third kappa shape index (κ3) is 2.99. The molecule has 0 radical (unpaired) electrons. The molecule has 0 aliphatic carbocycles. The second-order valence-corrected chi connectivity index (χ2v) is 4.60. The molecule has 21 heavy (non-hydrogen) atoms. The first-order valence-corrected chi connectivity index (χ1v) is 6.52. The van der Waals surface area contributed by atoms with Gasteiger partial charge in [-0.25, -0.2) is 0 Å². The standard InChI is InChI=1S/C17H18O4/c1-11-5-8-15(20-3)14(9-11)17(18)13-7-6-12(19-2)10-16(13)21-4/h5-10H,1-4H3. The number of ketones is 1. The molecule has 2 aromatic rings. The van der Waals surface area contributed by atoms with Gasteiger partial charge in [0.05, 0.1) is 32.5 Å². The van der Waals surface area contributed by atoms with Crippen LogP contribution in [0.3, 0.4) is 0 Å². The molecular weight excluding hydrogens is 268 g/mol. The Morgan fingerprint density at radius 3 is 2.14 bits per heavy atom. The number of methoxy groups -OCH3 is 3. The van der Waals surface area contributed by atoms with E-state index in [0.29, 0.717) is 28.4 Å². The highest BCUT2D eigenvalue weighted by Crippen LogP contribution is 2.30. The fourth-order valence-electron chi connectivity index (χ4n) is 2.13. The van der Waals surface area contributed by atoms with Gasteiger partial charge in [0.15, 0.2) is 5.78 Å². The maximum Gasteiger partial charge on any atom is 0.200 e. The lowest BCUT2D eigenvalue weighted by molar-refractivity contribution is 0.103. The summed E-state index contributed by atoms with van der Waals surface area (Å²) in [6.45, 7) is 1.93. The van der Waals surface area contributed by atoms with Gasteiger partial charge >= 0.3 is 0 Å².